The molecule has 2 atom stereocenters. The average molecular weight is 308 g/mol. The molecule has 1 aromatic rings. The third-order valence-electron chi connectivity index (χ3n) is 4.88. The van der Waals surface area contributed by atoms with Crippen molar-refractivity contribution < 1.29 is 9.53 Å². The molecule has 0 bridgehead atoms. The van der Waals surface area contributed by atoms with Gasteiger partial charge in [0.2, 0.25) is 0 Å². The van der Waals surface area contributed by atoms with E-state index in [1.54, 1.807) is 6.08 Å². The fourth-order valence-electron chi connectivity index (χ4n) is 3.64. The quantitative estimate of drug-likeness (QED) is 0.804. The summed E-state index contributed by atoms with van der Waals surface area (Å²) in [7, 11) is 0. The molecule has 120 valence electrons. The molecule has 0 aliphatic heterocycles. The maximum Gasteiger partial charge on any atom is 0.163 e. The van der Waals surface area contributed by atoms with Gasteiger partial charge in [-0.3, -0.25) is 4.79 Å². The highest BCUT2D eigenvalue weighted by Gasteiger charge is 2.30. The molecular formula is C21H24O2. The Morgan fingerprint density at radius 1 is 1.17 bits per heavy atom. The molecule has 0 fully saturated rings. The van der Waals surface area contributed by atoms with E-state index in [2.05, 4.69) is 51.1 Å². The maximum absolute atomic E-state index is 12.1. The van der Waals surface area contributed by atoms with Crippen molar-refractivity contribution >= 4 is 5.78 Å². The minimum atomic E-state index is 0.0511. The molecule has 23 heavy (non-hydrogen) atoms. The second-order valence-electron chi connectivity index (χ2n) is 6.64. The van der Waals surface area contributed by atoms with Crippen molar-refractivity contribution in [2.75, 3.05) is 6.61 Å². The lowest BCUT2D eigenvalue weighted by molar-refractivity contribution is -0.117. The Labute approximate surface area is 138 Å². The van der Waals surface area contributed by atoms with E-state index in [0.29, 0.717) is 12.5 Å². The average Bonchev–Trinajstić information content (AvgIpc) is 2.51. The fraction of sp³-hybridized carbons (Fsp3) is 0.381. The van der Waals surface area contributed by atoms with Crippen LogP contribution in [-0.4, -0.2) is 12.4 Å². The molecular weight excluding hydrogens is 284 g/mol. The standard InChI is InChI=1S/C21H24O2/c1-14-6-4-7-15(2)21(14)23-11-10-17-12-16(3)18-8-5-9-20(22)19(18)13-17/h4-9,12,17,19H,10-11,13H2,1-3H3. The molecule has 0 radical (unpaired) electrons. The van der Waals surface area contributed by atoms with Crippen LogP contribution in [0, 0.1) is 25.7 Å². The molecule has 0 saturated carbocycles. The zero-order chi connectivity index (χ0) is 16.4. The van der Waals surface area contributed by atoms with Crippen LogP contribution in [0.25, 0.3) is 0 Å². The van der Waals surface area contributed by atoms with Gasteiger partial charge < -0.3 is 4.74 Å². The van der Waals surface area contributed by atoms with Crippen LogP contribution < -0.4 is 4.74 Å². The van der Waals surface area contributed by atoms with Gasteiger partial charge in [-0.25, -0.2) is 0 Å². The van der Waals surface area contributed by atoms with Gasteiger partial charge in [-0.05, 0) is 62.3 Å². The summed E-state index contributed by atoms with van der Waals surface area (Å²) >= 11 is 0. The van der Waals surface area contributed by atoms with Crippen molar-refractivity contribution in [3.63, 3.8) is 0 Å². The lowest BCUT2D eigenvalue weighted by Crippen LogP contribution is -2.25. The predicted molar refractivity (Wildman–Crippen MR) is 93.6 cm³/mol. The molecule has 2 unspecified atom stereocenters. The van der Waals surface area contributed by atoms with Crippen molar-refractivity contribution in [3.8, 4) is 5.75 Å². The first kappa shape index (κ1) is 15.8. The molecule has 0 spiro atoms. The number of benzene rings is 1. The summed E-state index contributed by atoms with van der Waals surface area (Å²) < 4.78 is 6.03. The summed E-state index contributed by atoms with van der Waals surface area (Å²) in [6.45, 7) is 6.97. The number of ketones is 1. The molecule has 3 rings (SSSR count). The Morgan fingerprint density at radius 2 is 1.91 bits per heavy atom. The van der Waals surface area contributed by atoms with Crippen LogP contribution >= 0.6 is 0 Å². The van der Waals surface area contributed by atoms with Crippen molar-refractivity contribution in [1.29, 1.82) is 0 Å². The number of hydrogen-bond donors (Lipinski definition) is 0. The highest BCUT2D eigenvalue weighted by molar-refractivity contribution is 5.96. The molecule has 0 amide bonds. The van der Waals surface area contributed by atoms with Crippen LogP contribution in [0.15, 0.2) is 53.6 Å². The molecule has 0 saturated heterocycles. The Hall–Kier alpha value is -2.09. The van der Waals surface area contributed by atoms with Gasteiger partial charge in [0, 0.05) is 5.92 Å². The smallest absolute Gasteiger partial charge is 0.163 e. The monoisotopic (exact) mass is 308 g/mol. The fourth-order valence-corrected chi connectivity index (χ4v) is 3.64. The number of rotatable bonds is 4. The van der Waals surface area contributed by atoms with E-state index in [1.165, 1.54) is 22.3 Å². The number of carbonyl (C=O) groups excluding carboxylic acids is 1. The summed E-state index contributed by atoms with van der Waals surface area (Å²) in [5, 5.41) is 0. The first-order valence-electron chi connectivity index (χ1n) is 8.36. The van der Waals surface area contributed by atoms with Crippen molar-refractivity contribution in [2.45, 2.75) is 33.6 Å². The lowest BCUT2D eigenvalue weighted by atomic mass is 9.74. The molecule has 2 aliphatic carbocycles. The third-order valence-corrected chi connectivity index (χ3v) is 4.88. The van der Waals surface area contributed by atoms with Crippen LogP contribution in [0.3, 0.4) is 0 Å². The molecule has 0 aromatic heterocycles. The zero-order valence-electron chi connectivity index (χ0n) is 14.1. The third kappa shape index (κ3) is 3.31. The summed E-state index contributed by atoms with van der Waals surface area (Å²) in [4.78, 5) is 12.1. The Bertz CT molecular complexity index is 686. The molecule has 2 heteroatoms. The van der Waals surface area contributed by atoms with Crippen LogP contribution in [0.5, 0.6) is 5.75 Å². The van der Waals surface area contributed by atoms with Gasteiger partial charge in [0.15, 0.2) is 5.78 Å². The Kier molecular flexibility index (Phi) is 4.51. The number of carbonyl (C=O) groups is 1. The minimum absolute atomic E-state index is 0.0511. The molecule has 0 heterocycles. The summed E-state index contributed by atoms with van der Waals surface area (Å²) in [5.74, 6) is 1.71. The van der Waals surface area contributed by atoms with Crippen molar-refractivity contribution in [3.05, 3.63) is 64.8 Å². The van der Waals surface area contributed by atoms with Crippen molar-refractivity contribution in [1.82, 2.24) is 0 Å². The van der Waals surface area contributed by atoms with E-state index in [-0.39, 0.29) is 11.7 Å². The predicted octanol–water partition coefficient (Wildman–Crippen LogP) is 4.72. The first-order valence-corrected chi connectivity index (χ1v) is 8.36. The lowest BCUT2D eigenvalue weighted by Gasteiger charge is -2.30. The molecule has 0 N–H and O–H groups in total. The van der Waals surface area contributed by atoms with E-state index in [9.17, 15) is 4.79 Å². The van der Waals surface area contributed by atoms with Crippen LogP contribution in [-0.2, 0) is 4.79 Å². The van der Waals surface area contributed by atoms with Crippen LogP contribution in [0.4, 0.5) is 0 Å². The zero-order valence-corrected chi connectivity index (χ0v) is 14.1. The number of aryl methyl sites for hydroxylation is 2. The topological polar surface area (TPSA) is 26.3 Å². The summed E-state index contributed by atoms with van der Waals surface area (Å²) in [6, 6.07) is 6.22. The largest absolute Gasteiger partial charge is 0.493 e. The van der Waals surface area contributed by atoms with E-state index < -0.39 is 0 Å². The van der Waals surface area contributed by atoms with E-state index in [4.69, 9.17) is 4.74 Å². The van der Waals surface area contributed by atoms with Crippen LogP contribution in [0.2, 0.25) is 0 Å². The number of hydrogen-bond acceptors (Lipinski definition) is 2. The maximum atomic E-state index is 12.1. The highest BCUT2D eigenvalue weighted by Crippen LogP contribution is 2.37. The second-order valence-corrected chi connectivity index (χ2v) is 6.64. The van der Waals surface area contributed by atoms with Gasteiger partial charge >= 0.3 is 0 Å². The van der Waals surface area contributed by atoms with Gasteiger partial charge in [0.1, 0.15) is 5.75 Å². The highest BCUT2D eigenvalue weighted by atomic mass is 16.5. The minimum Gasteiger partial charge on any atom is -0.493 e. The van der Waals surface area contributed by atoms with Gasteiger partial charge in [-0.1, -0.05) is 42.0 Å². The van der Waals surface area contributed by atoms with Gasteiger partial charge in [0.05, 0.1) is 6.61 Å². The van der Waals surface area contributed by atoms with Gasteiger partial charge in [0.25, 0.3) is 0 Å². The van der Waals surface area contributed by atoms with E-state index >= 15 is 0 Å². The number of ether oxygens (including phenoxy) is 1. The van der Waals surface area contributed by atoms with Gasteiger partial charge in [-0.2, -0.15) is 0 Å². The first-order chi connectivity index (χ1) is 11.1. The Morgan fingerprint density at radius 3 is 2.65 bits per heavy atom. The molecule has 1 aromatic carbocycles. The van der Waals surface area contributed by atoms with Crippen molar-refractivity contribution in [2.24, 2.45) is 11.8 Å². The van der Waals surface area contributed by atoms with E-state index in [1.807, 2.05) is 6.08 Å². The molecule has 2 aliphatic rings. The normalized spacial score (nSPS) is 23.2. The number of para-hydroxylation sites is 1. The van der Waals surface area contributed by atoms with Gasteiger partial charge in [-0.15, -0.1) is 0 Å². The Balaban J connectivity index is 1.64. The second kappa shape index (κ2) is 6.57. The summed E-state index contributed by atoms with van der Waals surface area (Å²) in [6.07, 6.45) is 9.82. The van der Waals surface area contributed by atoms with Crippen LogP contribution in [0.1, 0.15) is 30.9 Å². The summed E-state index contributed by atoms with van der Waals surface area (Å²) in [5.41, 5.74) is 4.80. The number of fused-ring (bicyclic) bond motifs is 1. The number of allylic oxidation sites excluding steroid dienone is 6. The SMILES string of the molecule is CC1=CC(CCOc2c(C)cccc2C)CC2C(=O)C=CC=C12. The molecule has 2 nitrogen and oxygen atoms in total. The van der Waals surface area contributed by atoms with E-state index in [0.717, 1.165) is 18.6 Å².